The lowest BCUT2D eigenvalue weighted by molar-refractivity contribution is 0.817. The number of benzene rings is 1. The molecule has 0 atom stereocenters. The van der Waals surface area contributed by atoms with E-state index in [2.05, 4.69) is 48.9 Å². The van der Waals surface area contributed by atoms with E-state index in [9.17, 15) is 0 Å². The van der Waals surface area contributed by atoms with E-state index in [1.807, 2.05) is 13.0 Å². The highest BCUT2D eigenvalue weighted by Gasteiger charge is 2.13. The summed E-state index contributed by atoms with van der Waals surface area (Å²) in [6, 6.07) is 8.34. The first kappa shape index (κ1) is 15.3. The van der Waals surface area contributed by atoms with E-state index in [4.69, 9.17) is 11.6 Å². The van der Waals surface area contributed by atoms with Gasteiger partial charge < -0.3 is 0 Å². The van der Waals surface area contributed by atoms with Crippen LogP contribution in [0.5, 0.6) is 0 Å². The fourth-order valence-corrected chi connectivity index (χ4v) is 3.52. The molecule has 20 heavy (non-hydrogen) atoms. The molecule has 2 rings (SSSR count). The van der Waals surface area contributed by atoms with Crippen LogP contribution in [0, 0.1) is 13.8 Å². The molecule has 0 aliphatic carbocycles. The van der Waals surface area contributed by atoms with Crippen molar-refractivity contribution in [3.63, 3.8) is 0 Å². The Hall–Kier alpha value is -1.06. The van der Waals surface area contributed by atoms with Gasteiger partial charge in [0.25, 0.3) is 0 Å². The molecule has 0 saturated carbocycles. The molecule has 1 heterocycles. The van der Waals surface area contributed by atoms with Crippen molar-refractivity contribution in [2.24, 2.45) is 0 Å². The highest BCUT2D eigenvalue weighted by atomic mass is 35.5. The van der Waals surface area contributed by atoms with Gasteiger partial charge in [-0.15, -0.1) is 11.8 Å². The molecule has 0 spiro atoms. The van der Waals surface area contributed by atoms with Gasteiger partial charge in [0.15, 0.2) is 0 Å². The van der Waals surface area contributed by atoms with Gasteiger partial charge in [0.2, 0.25) is 0 Å². The molecule has 0 aliphatic heterocycles. The Morgan fingerprint density at radius 2 is 1.85 bits per heavy atom. The monoisotopic (exact) mass is 306 g/mol. The zero-order valence-electron chi connectivity index (χ0n) is 12.3. The van der Waals surface area contributed by atoms with Gasteiger partial charge in [0.05, 0.1) is 5.75 Å². The summed E-state index contributed by atoms with van der Waals surface area (Å²) in [7, 11) is 0. The van der Waals surface area contributed by atoms with Crippen molar-refractivity contribution in [2.75, 3.05) is 0 Å². The smallest absolute Gasteiger partial charge is 0.140 e. The number of aromatic nitrogens is 2. The van der Waals surface area contributed by atoms with E-state index in [0.29, 0.717) is 11.1 Å². The Morgan fingerprint density at radius 3 is 2.45 bits per heavy atom. The Bertz CT molecular complexity index is 588. The van der Waals surface area contributed by atoms with Gasteiger partial charge in [-0.2, -0.15) is 0 Å². The van der Waals surface area contributed by atoms with Crippen LogP contribution in [-0.2, 0) is 5.75 Å². The van der Waals surface area contributed by atoms with E-state index in [-0.39, 0.29) is 0 Å². The van der Waals surface area contributed by atoms with Crippen molar-refractivity contribution < 1.29 is 0 Å². The van der Waals surface area contributed by atoms with Gasteiger partial charge in [0, 0.05) is 16.2 Å². The maximum Gasteiger partial charge on any atom is 0.140 e. The molecule has 0 aliphatic rings. The lowest BCUT2D eigenvalue weighted by atomic mass is 10.0. The molecule has 0 fully saturated rings. The fourth-order valence-electron chi connectivity index (χ4n) is 2.18. The topological polar surface area (TPSA) is 25.8 Å². The van der Waals surface area contributed by atoms with E-state index >= 15 is 0 Å². The minimum atomic E-state index is 0.348. The van der Waals surface area contributed by atoms with Crippen LogP contribution < -0.4 is 0 Å². The zero-order valence-corrected chi connectivity index (χ0v) is 13.8. The molecular formula is C16H19ClN2S. The third-order valence-electron chi connectivity index (χ3n) is 3.16. The van der Waals surface area contributed by atoms with Crippen LogP contribution in [0.1, 0.15) is 42.4 Å². The minimum absolute atomic E-state index is 0.348. The maximum absolute atomic E-state index is 6.28. The summed E-state index contributed by atoms with van der Waals surface area (Å²) in [5.41, 5.74) is 3.32. The van der Waals surface area contributed by atoms with E-state index in [1.165, 1.54) is 10.5 Å². The lowest BCUT2D eigenvalue weighted by Gasteiger charge is -2.12. The third-order valence-corrected chi connectivity index (χ3v) is 4.62. The van der Waals surface area contributed by atoms with Crippen LogP contribution in [0.2, 0.25) is 5.15 Å². The predicted octanol–water partition coefficient (Wildman–Crippen LogP) is 5.16. The normalized spacial score (nSPS) is 11.1. The van der Waals surface area contributed by atoms with Gasteiger partial charge in [-0.3, -0.25) is 0 Å². The molecule has 0 saturated heterocycles. The van der Waals surface area contributed by atoms with Crippen LogP contribution in [0.25, 0.3) is 0 Å². The summed E-state index contributed by atoms with van der Waals surface area (Å²) in [6.07, 6.45) is 0. The molecule has 0 amide bonds. The number of rotatable bonds is 4. The van der Waals surface area contributed by atoms with Crippen molar-refractivity contribution in [3.05, 3.63) is 52.1 Å². The summed E-state index contributed by atoms with van der Waals surface area (Å²) in [6.45, 7) is 8.34. The summed E-state index contributed by atoms with van der Waals surface area (Å²) in [4.78, 5) is 10.3. The molecular weight excluding hydrogens is 288 g/mol. The molecule has 0 radical (unpaired) electrons. The third kappa shape index (κ3) is 3.53. The summed E-state index contributed by atoms with van der Waals surface area (Å²) < 4.78 is 0. The number of halogens is 1. The van der Waals surface area contributed by atoms with Gasteiger partial charge in [0.1, 0.15) is 11.0 Å². The molecule has 4 heteroatoms. The van der Waals surface area contributed by atoms with Gasteiger partial charge in [-0.1, -0.05) is 43.6 Å². The average molecular weight is 307 g/mol. The Labute approximate surface area is 130 Å². The van der Waals surface area contributed by atoms with Crippen LogP contribution in [0.3, 0.4) is 0 Å². The van der Waals surface area contributed by atoms with E-state index in [1.54, 1.807) is 11.8 Å². The largest absolute Gasteiger partial charge is 0.237 e. The van der Waals surface area contributed by atoms with Crippen molar-refractivity contribution in [1.29, 1.82) is 0 Å². The van der Waals surface area contributed by atoms with Crippen molar-refractivity contribution in [1.82, 2.24) is 9.97 Å². The van der Waals surface area contributed by atoms with Crippen LogP contribution in [-0.4, -0.2) is 9.97 Å². The molecule has 0 bridgehead atoms. The molecule has 2 nitrogen and oxygen atoms in total. The Morgan fingerprint density at radius 1 is 1.15 bits per heavy atom. The second kappa shape index (κ2) is 6.59. The quantitative estimate of drug-likeness (QED) is 0.576. The van der Waals surface area contributed by atoms with Gasteiger partial charge >= 0.3 is 0 Å². The van der Waals surface area contributed by atoms with Crippen LogP contribution >= 0.6 is 23.4 Å². The van der Waals surface area contributed by atoms with Gasteiger partial charge in [-0.05, 0) is 31.4 Å². The zero-order chi connectivity index (χ0) is 14.7. The van der Waals surface area contributed by atoms with E-state index < -0.39 is 0 Å². The van der Waals surface area contributed by atoms with Gasteiger partial charge in [-0.25, -0.2) is 9.97 Å². The standard InChI is InChI=1S/C16H19ClN2S/c1-10(2)15-12(4)18-14(19-16(15)17)9-20-13-8-6-5-7-11(13)3/h5-8,10H,9H2,1-4H3. The summed E-state index contributed by atoms with van der Waals surface area (Å²) in [5, 5.41) is 0.591. The van der Waals surface area contributed by atoms with Crippen molar-refractivity contribution in [2.45, 2.75) is 44.3 Å². The molecule has 1 aromatic carbocycles. The Kier molecular flexibility index (Phi) is 5.06. The van der Waals surface area contributed by atoms with Crippen molar-refractivity contribution >= 4 is 23.4 Å². The van der Waals surface area contributed by atoms with Crippen LogP contribution in [0.4, 0.5) is 0 Å². The SMILES string of the molecule is Cc1ccccc1SCc1nc(C)c(C(C)C)c(Cl)n1. The second-order valence-corrected chi connectivity index (χ2v) is 6.51. The molecule has 106 valence electrons. The second-order valence-electron chi connectivity index (χ2n) is 5.14. The predicted molar refractivity (Wildman–Crippen MR) is 86.6 cm³/mol. The number of thioether (sulfide) groups is 1. The number of aryl methyl sites for hydroxylation is 2. The number of hydrogen-bond acceptors (Lipinski definition) is 3. The minimum Gasteiger partial charge on any atom is -0.237 e. The fraction of sp³-hybridized carbons (Fsp3) is 0.375. The van der Waals surface area contributed by atoms with Crippen LogP contribution in [0.15, 0.2) is 29.2 Å². The lowest BCUT2D eigenvalue weighted by Crippen LogP contribution is -2.03. The maximum atomic E-state index is 6.28. The highest BCUT2D eigenvalue weighted by Crippen LogP contribution is 2.28. The number of hydrogen-bond donors (Lipinski definition) is 0. The molecule has 1 aromatic heterocycles. The molecule has 0 unspecified atom stereocenters. The summed E-state index contributed by atoms with van der Waals surface area (Å²) >= 11 is 8.03. The summed E-state index contributed by atoms with van der Waals surface area (Å²) in [5.74, 6) is 1.88. The first-order chi connectivity index (χ1) is 9.49. The average Bonchev–Trinajstić information content (AvgIpc) is 2.36. The highest BCUT2D eigenvalue weighted by molar-refractivity contribution is 7.98. The van der Waals surface area contributed by atoms with Crippen molar-refractivity contribution in [3.8, 4) is 0 Å². The molecule has 0 N–H and O–H groups in total. The number of nitrogens with zero attached hydrogens (tertiary/aromatic N) is 2. The van der Waals surface area contributed by atoms with E-state index in [0.717, 1.165) is 22.8 Å². The first-order valence-electron chi connectivity index (χ1n) is 6.70. The Balaban J connectivity index is 2.17. The first-order valence-corrected chi connectivity index (χ1v) is 8.06. The molecule has 2 aromatic rings.